The zero-order valence-corrected chi connectivity index (χ0v) is 13.1. The maximum atomic E-state index is 10.9. The Hall–Kier alpha value is -0.690. The van der Waals surface area contributed by atoms with Crippen LogP contribution in [0.25, 0.3) is 0 Å². The van der Waals surface area contributed by atoms with Gasteiger partial charge in [-0.25, -0.2) is 0 Å². The van der Waals surface area contributed by atoms with Crippen molar-refractivity contribution in [3.05, 3.63) is 0 Å². The number of rotatable bonds is 8. The molecule has 9 atom stereocenters. The topological polar surface area (TPSA) is 181 Å². The SMILES string of the molecule is CN[C@H]1[C@H](O)[C@@H](O)[C@@H](O[C@@H]([C@H](N)[C@H](O)CO)[C@@H](N)C=O)O[C@@H]1C. The highest BCUT2D eigenvalue weighted by molar-refractivity contribution is 5.58. The molecule has 23 heavy (non-hydrogen) atoms. The van der Waals surface area contributed by atoms with Gasteiger partial charge in [0.25, 0.3) is 0 Å². The Labute approximate surface area is 134 Å². The van der Waals surface area contributed by atoms with Gasteiger partial charge < -0.3 is 51.5 Å². The number of ether oxygens (including phenoxy) is 2. The quantitative estimate of drug-likeness (QED) is 0.214. The van der Waals surface area contributed by atoms with Crippen molar-refractivity contribution >= 4 is 6.29 Å². The predicted molar refractivity (Wildman–Crippen MR) is 79.2 cm³/mol. The molecular weight excluding hydrogens is 310 g/mol. The van der Waals surface area contributed by atoms with E-state index in [-0.39, 0.29) is 0 Å². The average Bonchev–Trinajstić information content (AvgIpc) is 2.55. The molecule has 136 valence electrons. The van der Waals surface area contributed by atoms with E-state index in [0.29, 0.717) is 6.29 Å². The number of hydrogen-bond donors (Lipinski definition) is 7. The van der Waals surface area contributed by atoms with E-state index >= 15 is 0 Å². The van der Waals surface area contributed by atoms with Crippen molar-refractivity contribution in [2.45, 2.75) is 61.9 Å². The number of aliphatic hydroxyl groups is 4. The summed E-state index contributed by atoms with van der Waals surface area (Å²) in [4.78, 5) is 10.9. The van der Waals surface area contributed by atoms with Gasteiger partial charge in [0.2, 0.25) is 0 Å². The van der Waals surface area contributed by atoms with Gasteiger partial charge >= 0.3 is 0 Å². The third kappa shape index (κ3) is 4.66. The van der Waals surface area contributed by atoms with Crippen molar-refractivity contribution in [3.63, 3.8) is 0 Å². The van der Waals surface area contributed by atoms with Gasteiger partial charge in [-0.15, -0.1) is 0 Å². The fraction of sp³-hybridized carbons (Fsp3) is 0.923. The summed E-state index contributed by atoms with van der Waals surface area (Å²) in [5.74, 6) is 0. The third-order valence-electron chi connectivity index (χ3n) is 4.02. The number of carbonyl (C=O) groups is 1. The van der Waals surface area contributed by atoms with E-state index in [4.69, 9.17) is 26.0 Å². The molecule has 1 aliphatic heterocycles. The highest BCUT2D eigenvalue weighted by atomic mass is 16.7. The van der Waals surface area contributed by atoms with Crippen LogP contribution < -0.4 is 16.8 Å². The van der Waals surface area contributed by atoms with E-state index in [1.165, 1.54) is 0 Å². The molecule has 1 rings (SSSR count). The molecule has 9 N–H and O–H groups in total. The lowest BCUT2D eigenvalue weighted by Crippen LogP contribution is -2.64. The Morgan fingerprint density at radius 1 is 1.35 bits per heavy atom. The zero-order chi connectivity index (χ0) is 17.7. The van der Waals surface area contributed by atoms with E-state index in [1.54, 1.807) is 14.0 Å². The van der Waals surface area contributed by atoms with Crippen LogP contribution in [0.5, 0.6) is 0 Å². The van der Waals surface area contributed by atoms with E-state index in [2.05, 4.69) is 5.32 Å². The Bertz CT molecular complexity index is 375. The number of aldehydes is 1. The minimum Gasteiger partial charge on any atom is -0.394 e. The normalized spacial score (nSPS) is 37.0. The number of carbonyl (C=O) groups excluding carboxylic acids is 1. The van der Waals surface area contributed by atoms with Gasteiger partial charge in [0.05, 0.1) is 36.9 Å². The summed E-state index contributed by atoms with van der Waals surface area (Å²) in [5.41, 5.74) is 11.4. The number of hydrogen-bond acceptors (Lipinski definition) is 10. The zero-order valence-electron chi connectivity index (χ0n) is 13.1. The molecule has 0 aromatic rings. The van der Waals surface area contributed by atoms with Crippen molar-refractivity contribution in [1.82, 2.24) is 5.32 Å². The van der Waals surface area contributed by atoms with Crippen LogP contribution in [0, 0.1) is 0 Å². The highest BCUT2D eigenvalue weighted by Crippen LogP contribution is 2.24. The first-order valence-electron chi connectivity index (χ1n) is 7.38. The maximum Gasteiger partial charge on any atom is 0.186 e. The largest absolute Gasteiger partial charge is 0.394 e. The van der Waals surface area contributed by atoms with Gasteiger partial charge in [-0.1, -0.05) is 0 Å². The van der Waals surface area contributed by atoms with Gasteiger partial charge in [0.1, 0.15) is 24.6 Å². The molecule has 0 unspecified atom stereocenters. The summed E-state index contributed by atoms with van der Waals surface area (Å²) < 4.78 is 11.0. The number of nitrogens with two attached hydrogens (primary N) is 2. The lowest BCUT2D eigenvalue weighted by atomic mass is 9.96. The van der Waals surface area contributed by atoms with Crippen molar-refractivity contribution in [2.24, 2.45) is 11.5 Å². The van der Waals surface area contributed by atoms with Crippen LogP contribution in [0.1, 0.15) is 6.92 Å². The van der Waals surface area contributed by atoms with Gasteiger partial charge in [0, 0.05) is 0 Å². The molecular formula is C13H27N3O7. The maximum absolute atomic E-state index is 10.9. The second kappa shape index (κ2) is 8.97. The van der Waals surface area contributed by atoms with Crippen LogP contribution >= 0.6 is 0 Å². The van der Waals surface area contributed by atoms with Crippen molar-refractivity contribution in [3.8, 4) is 0 Å². The molecule has 1 saturated heterocycles. The fourth-order valence-electron chi connectivity index (χ4n) is 2.56. The van der Waals surface area contributed by atoms with Crippen LogP contribution in [0.2, 0.25) is 0 Å². The minimum absolute atomic E-state index is 0.375. The second-order valence-corrected chi connectivity index (χ2v) is 5.65. The predicted octanol–water partition coefficient (Wildman–Crippen LogP) is -4.37. The molecule has 1 fully saturated rings. The van der Waals surface area contributed by atoms with Gasteiger partial charge in [0.15, 0.2) is 6.29 Å². The molecule has 0 aliphatic carbocycles. The lowest BCUT2D eigenvalue weighted by molar-refractivity contribution is -0.289. The standard InChI is InChI=1S/C13H27N3O7/c1-5-9(16-2)10(20)11(21)13(22-5)23-12(6(14)3-17)8(15)7(19)4-18/h3,5-13,16,18-21H,4,14-15H2,1-2H3/t5-,6+,7-,8-,9-,10+,11-,12-,13-/m1/s1. The smallest absolute Gasteiger partial charge is 0.186 e. The first-order valence-corrected chi connectivity index (χ1v) is 7.38. The lowest BCUT2D eigenvalue weighted by Gasteiger charge is -2.43. The molecule has 0 radical (unpaired) electrons. The van der Waals surface area contributed by atoms with Gasteiger partial charge in [-0.05, 0) is 14.0 Å². The summed E-state index contributed by atoms with van der Waals surface area (Å²) in [7, 11) is 1.61. The van der Waals surface area contributed by atoms with Crippen molar-refractivity contribution in [1.29, 1.82) is 0 Å². The minimum atomic E-state index is -1.41. The summed E-state index contributed by atoms with van der Waals surface area (Å²) >= 11 is 0. The molecule has 0 spiro atoms. The van der Waals surface area contributed by atoms with Crippen LogP contribution in [0.4, 0.5) is 0 Å². The highest BCUT2D eigenvalue weighted by Gasteiger charge is 2.45. The second-order valence-electron chi connectivity index (χ2n) is 5.65. The van der Waals surface area contributed by atoms with Gasteiger partial charge in [-0.3, -0.25) is 0 Å². The van der Waals surface area contributed by atoms with Crippen molar-refractivity contribution in [2.75, 3.05) is 13.7 Å². The first kappa shape index (κ1) is 20.4. The van der Waals surface area contributed by atoms with E-state index in [1.807, 2.05) is 0 Å². The number of nitrogens with one attached hydrogen (secondary N) is 1. The van der Waals surface area contributed by atoms with Crippen LogP contribution in [0.3, 0.4) is 0 Å². The molecule has 10 heteroatoms. The van der Waals surface area contributed by atoms with Crippen LogP contribution in [-0.4, -0.2) is 95.3 Å². The Morgan fingerprint density at radius 3 is 2.43 bits per heavy atom. The van der Waals surface area contributed by atoms with E-state index in [0.717, 1.165) is 0 Å². The molecule has 0 aromatic carbocycles. The summed E-state index contributed by atoms with van der Waals surface area (Å²) in [6.45, 7) is 1.02. The fourth-order valence-corrected chi connectivity index (χ4v) is 2.56. The molecule has 0 saturated carbocycles. The monoisotopic (exact) mass is 337 g/mol. The summed E-state index contributed by atoms with van der Waals surface area (Å²) in [6, 6.07) is -2.92. The Balaban J connectivity index is 2.88. The van der Waals surface area contributed by atoms with Crippen molar-refractivity contribution < 1.29 is 34.7 Å². The molecule has 0 bridgehead atoms. The molecule has 10 nitrogen and oxygen atoms in total. The van der Waals surface area contributed by atoms with Gasteiger partial charge in [-0.2, -0.15) is 0 Å². The number of likely N-dealkylation sites (N-methyl/N-ethyl adjacent to an activating group) is 1. The molecule has 1 heterocycles. The van der Waals surface area contributed by atoms with E-state index in [9.17, 15) is 20.1 Å². The molecule has 1 aliphatic rings. The first-order chi connectivity index (χ1) is 10.8. The summed E-state index contributed by atoms with van der Waals surface area (Å²) in [5, 5.41) is 41.6. The summed E-state index contributed by atoms with van der Waals surface area (Å²) in [6.07, 6.45) is -6.61. The molecule has 0 aromatic heterocycles. The van der Waals surface area contributed by atoms with Crippen LogP contribution in [0.15, 0.2) is 0 Å². The molecule has 0 amide bonds. The third-order valence-corrected chi connectivity index (χ3v) is 4.02. The Kier molecular flexibility index (Phi) is 7.94. The number of aliphatic hydroxyl groups excluding tert-OH is 4. The Morgan fingerprint density at radius 2 is 1.96 bits per heavy atom. The average molecular weight is 337 g/mol. The van der Waals surface area contributed by atoms with E-state index < -0.39 is 61.5 Å². The van der Waals surface area contributed by atoms with Crippen LogP contribution in [-0.2, 0) is 14.3 Å².